The lowest BCUT2D eigenvalue weighted by atomic mass is 9.96. The Kier molecular flexibility index (Phi) is 6.89. The number of nitrogens with zero attached hydrogens (tertiary/aromatic N) is 3. The van der Waals surface area contributed by atoms with E-state index in [0.29, 0.717) is 6.04 Å². The minimum absolute atomic E-state index is 0.347. The minimum atomic E-state index is 0.347. The Labute approximate surface area is 198 Å². The molecule has 1 aliphatic heterocycles. The molecule has 0 radical (unpaired) electrons. The van der Waals surface area contributed by atoms with E-state index in [9.17, 15) is 0 Å². The summed E-state index contributed by atoms with van der Waals surface area (Å²) in [5.74, 6) is 0. The molecule has 0 unspecified atom stereocenters. The quantitative estimate of drug-likeness (QED) is 0.307. The number of hydrogen-bond donors (Lipinski definition) is 0. The first-order valence-electron chi connectivity index (χ1n) is 12.4. The van der Waals surface area contributed by atoms with E-state index in [1.807, 2.05) is 0 Å². The number of para-hydroxylation sites is 1. The summed E-state index contributed by atoms with van der Waals surface area (Å²) >= 11 is 0. The number of rotatable bonds is 8. The van der Waals surface area contributed by atoms with Crippen LogP contribution < -0.4 is 0 Å². The molecular formula is C30H35N3. The average Bonchev–Trinajstić information content (AvgIpc) is 3.29. The molecule has 0 spiro atoms. The Morgan fingerprint density at radius 2 is 1.30 bits per heavy atom. The molecule has 1 fully saturated rings. The third-order valence-electron chi connectivity index (χ3n) is 7.12. The van der Waals surface area contributed by atoms with Crippen LogP contribution in [0.5, 0.6) is 0 Å². The van der Waals surface area contributed by atoms with Crippen molar-refractivity contribution in [2.75, 3.05) is 32.7 Å². The molecule has 0 N–H and O–H groups in total. The molecule has 3 heteroatoms. The average molecular weight is 438 g/mol. The summed E-state index contributed by atoms with van der Waals surface area (Å²) in [6.45, 7) is 9.08. The van der Waals surface area contributed by atoms with Crippen molar-refractivity contribution in [1.82, 2.24) is 14.4 Å². The zero-order valence-corrected chi connectivity index (χ0v) is 19.7. The van der Waals surface area contributed by atoms with Crippen molar-refractivity contribution in [3.63, 3.8) is 0 Å². The predicted octanol–water partition coefficient (Wildman–Crippen LogP) is 6.14. The van der Waals surface area contributed by atoms with Crippen molar-refractivity contribution in [2.24, 2.45) is 0 Å². The first-order valence-corrected chi connectivity index (χ1v) is 12.4. The van der Waals surface area contributed by atoms with Gasteiger partial charge < -0.3 is 9.47 Å². The molecule has 0 amide bonds. The summed E-state index contributed by atoms with van der Waals surface area (Å²) in [6.07, 6.45) is 4.74. The normalized spacial score (nSPS) is 15.5. The van der Waals surface area contributed by atoms with E-state index < -0.39 is 0 Å². The summed E-state index contributed by atoms with van der Waals surface area (Å²) in [5, 5.41) is 1.36. The van der Waals surface area contributed by atoms with Gasteiger partial charge in [-0.05, 0) is 54.5 Å². The summed E-state index contributed by atoms with van der Waals surface area (Å²) in [5.41, 5.74) is 5.57. The van der Waals surface area contributed by atoms with Gasteiger partial charge in [0.15, 0.2) is 0 Å². The molecule has 3 aromatic carbocycles. The number of aromatic nitrogens is 1. The predicted molar refractivity (Wildman–Crippen MR) is 139 cm³/mol. The van der Waals surface area contributed by atoms with Crippen LogP contribution in [0.3, 0.4) is 0 Å². The fourth-order valence-corrected chi connectivity index (χ4v) is 5.39. The first kappa shape index (κ1) is 21.9. The van der Waals surface area contributed by atoms with Crippen LogP contribution in [0.25, 0.3) is 10.9 Å². The van der Waals surface area contributed by atoms with Crippen molar-refractivity contribution in [3.05, 3.63) is 108 Å². The highest BCUT2D eigenvalue weighted by molar-refractivity contribution is 5.83. The van der Waals surface area contributed by atoms with Gasteiger partial charge in [0.1, 0.15) is 0 Å². The maximum absolute atomic E-state index is 2.66. The molecule has 0 atom stereocenters. The van der Waals surface area contributed by atoms with Crippen LogP contribution in [0.2, 0.25) is 0 Å². The van der Waals surface area contributed by atoms with Crippen molar-refractivity contribution >= 4 is 10.9 Å². The second-order valence-electron chi connectivity index (χ2n) is 9.33. The van der Waals surface area contributed by atoms with Crippen molar-refractivity contribution in [2.45, 2.75) is 32.4 Å². The molecule has 170 valence electrons. The van der Waals surface area contributed by atoms with Gasteiger partial charge in [0.05, 0.1) is 11.6 Å². The lowest BCUT2D eigenvalue weighted by Crippen LogP contribution is -2.48. The van der Waals surface area contributed by atoms with Crippen LogP contribution in [0, 0.1) is 6.92 Å². The molecule has 33 heavy (non-hydrogen) atoms. The van der Waals surface area contributed by atoms with Gasteiger partial charge in [-0.2, -0.15) is 0 Å². The van der Waals surface area contributed by atoms with Crippen LogP contribution in [0.4, 0.5) is 0 Å². The number of piperazine rings is 1. The van der Waals surface area contributed by atoms with E-state index >= 15 is 0 Å². The maximum Gasteiger partial charge on any atom is 0.0602 e. The second kappa shape index (κ2) is 10.4. The first-order chi connectivity index (χ1) is 16.3. The van der Waals surface area contributed by atoms with Crippen LogP contribution in [-0.2, 0) is 6.54 Å². The van der Waals surface area contributed by atoms with E-state index in [0.717, 1.165) is 32.7 Å². The van der Waals surface area contributed by atoms with E-state index in [2.05, 4.69) is 112 Å². The van der Waals surface area contributed by atoms with Crippen molar-refractivity contribution in [1.29, 1.82) is 0 Å². The molecular weight excluding hydrogens is 402 g/mol. The van der Waals surface area contributed by atoms with E-state index in [1.165, 1.54) is 47.0 Å². The van der Waals surface area contributed by atoms with E-state index in [4.69, 9.17) is 0 Å². The van der Waals surface area contributed by atoms with Gasteiger partial charge in [-0.15, -0.1) is 0 Å². The highest BCUT2D eigenvalue weighted by Gasteiger charge is 2.26. The number of fused-ring (bicyclic) bond motifs is 1. The zero-order valence-electron chi connectivity index (χ0n) is 19.7. The van der Waals surface area contributed by atoms with Gasteiger partial charge in [-0.3, -0.25) is 4.90 Å². The van der Waals surface area contributed by atoms with Crippen molar-refractivity contribution in [3.8, 4) is 0 Å². The second-order valence-corrected chi connectivity index (χ2v) is 9.33. The summed E-state index contributed by atoms with van der Waals surface area (Å²) < 4.78 is 2.44. The highest BCUT2D eigenvalue weighted by Crippen LogP contribution is 2.29. The van der Waals surface area contributed by atoms with Crippen LogP contribution in [-0.4, -0.2) is 47.1 Å². The van der Waals surface area contributed by atoms with Gasteiger partial charge in [-0.1, -0.05) is 78.9 Å². The lowest BCUT2D eigenvalue weighted by molar-refractivity contribution is 0.108. The SMILES string of the molecule is Cc1cccc2ccn(CCCCN3CCN(C(c4ccccc4)c4ccccc4)CC3)c12. The summed E-state index contributed by atoms with van der Waals surface area (Å²) in [4.78, 5) is 5.32. The van der Waals surface area contributed by atoms with Gasteiger partial charge >= 0.3 is 0 Å². The van der Waals surface area contributed by atoms with Gasteiger partial charge in [-0.25, -0.2) is 0 Å². The van der Waals surface area contributed by atoms with Crippen molar-refractivity contribution < 1.29 is 0 Å². The fourth-order valence-electron chi connectivity index (χ4n) is 5.39. The van der Waals surface area contributed by atoms with Gasteiger partial charge in [0.2, 0.25) is 0 Å². The number of benzene rings is 3. The van der Waals surface area contributed by atoms with Crippen LogP contribution >= 0.6 is 0 Å². The monoisotopic (exact) mass is 437 g/mol. The van der Waals surface area contributed by atoms with E-state index in [1.54, 1.807) is 0 Å². The smallest absolute Gasteiger partial charge is 0.0602 e. The highest BCUT2D eigenvalue weighted by atomic mass is 15.3. The van der Waals surface area contributed by atoms with Gasteiger partial charge in [0, 0.05) is 38.9 Å². The molecule has 0 bridgehead atoms. The molecule has 1 aliphatic rings. The largest absolute Gasteiger partial charge is 0.347 e. The molecule has 2 heterocycles. The molecule has 0 aliphatic carbocycles. The minimum Gasteiger partial charge on any atom is -0.347 e. The third kappa shape index (κ3) is 5.05. The summed E-state index contributed by atoms with van der Waals surface area (Å²) in [7, 11) is 0. The standard InChI is InChI=1S/C30H35N3/c1-25-11-10-16-28-17-20-32(29(25)28)19-9-8-18-31-21-23-33(24-22-31)30(26-12-4-2-5-13-26)27-14-6-3-7-15-27/h2-7,10-17,20,30H,8-9,18-19,21-24H2,1H3. The number of hydrogen-bond acceptors (Lipinski definition) is 2. The Morgan fingerprint density at radius 1 is 0.667 bits per heavy atom. The molecule has 1 saturated heterocycles. The number of aryl methyl sites for hydroxylation is 2. The Morgan fingerprint density at radius 3 is 1.97 bits per heavy atom. The molecule has 4 aromatic rings. The van der Waals surface area contributed by atoms with Gasteiger partial charge in [0.25, 0.3) is 0 Å². The van der Waals surface area contributed by atoms with Crippen LogP contribution in [0.1, 0.15) is 35.6 Å². The molecule has 1 aromatic heterocycles. The summed E-state index contributed by atoms with van der Waals surface area (Å²) in [6, 6.07) is 31.2. The fraction of sp³-hybridized carbons (Fsp3) is 0.333. The van der Waals surface area contributed by atoms with E-state index in [-0.39, 0.29) is 0 Å². The Hall–Kier alpha value is -2.88. The third-order valence-corrected chi connectivity index (χ3v) is 7.12. The Bertz CT molecular complexity index is 1100. The zero-order chi connectivity index (χ0) is 22.5. The molecule has 5 rings (SSSR count). The lowest BCUT2D eigenvalue weighted by Gasteiger charge is -2.40. The Balaban J connectivity index is 1.14. The maximum atomic E-state index is 2.66. The topological polar surface area (TPSA) is 11.4 Å². The molecule has 0 saturated carbocycles. The number of unbranched alkanes of at least 4 members (excludes halogenated alkanes) is 1. The van der Waals surface area contributed by atoms with Crippen LogP contribution in [0.15, 0.2) is 91.1 Å². The molecule has 3 nitrogen and oxygen atoms in total.